The normalized spacial score (nSPS) is 11.3. The summed E-state index contributed by atoms with van der Waals surface area (Å²) in [5.41, 5.74) is 6.04. The minimum Gasteiger partial charge on any atom is -0.0628 e. The van der Waals surface area contributed by atoms with E-state index >= 15 is 0 Å². The highest BCUT2D eigenvalue weighted by Crippen LogP contribution is 2.20. The fourth-order valence-electron chi connectivity index (χ4n) is 3.13. The molecule has 0 unspecified atom stereocenters. The van der Waals surface area contributed by atoms with Gasteiger partial charge in [-0.05, 0) is 61.8 Å². The van der Waals surface area contributed by atoms with Crippen molar-refractivity contribution in [1.82, 2.24) is 0 Å². The van der Waals surface area contributed by atoms with Gasteiger partial charge >= 0.3 is 0 Å². The van der Waals surface area contributed by atoms with Gasteiger partial charge in [0.2, 0.25) is 0 Å². The molecule has 0 bridgehead atoms. The lowest BCUT2D eigenvalue weighted by Gasteiger charge is -2.12. The lowest BCUT2D eigenvalue weighted by atomic mass is 9.94. The van der Waals surface area contributed by atoms with Gasteiger partial charge in [-0.2, -0.15) is 0 Å². The zero-order chi connectivity index (χ0) is 15.7. The summed E-state index contributed by atoms with van der Waals surface area (Å²) in [5.74, 6) is 0.880. The summed E-state index contributed by atoms with van der Waals surface area (Å²) in [6.45, 7) is 11.4. The first-order chi connectivity index (χ1) is 10.0. The first-order valence-corrected chi connectivity index (χ1v) is 9.08. The van der Waals surface area contributed by atoms with Gasteiger partial charge in [-0.25, -0.2) is 0 Å². The van der Waals surface area contributed by atoms with Gasteiger partial charge in [-0.1, -0.05) is 70.9 Å². The van der Waals surface area contributed by atoms with Gasteiger partial charge in [0, 0.05) is 0 Å². The lowest BCUT2D eigenvalue weighted by molar-refractivity contribution is 0.509. The first-order valence-electron chi connectivity index (χ1n) is 9.08. The Morgan fingerprint density at radius 3 is 1.86 bits per heavy atom. The molecule has 0 aliphatic heterocycles. The zero-order valence-corrected chi connectivity index (χ0v) is 15.1. The highest BCUT2D eigenvalue weighted by atomic mass is 14.1. The SMILES string of the molecule is Cc1ccc(C)c(CCCCCCCCCC(C)C)c1C. The van der Waals surface area contributed by atoms with Crippen molar-refractivity contribution < 1.29 is 0 Å². The van der Waals surface area contributed by atoms with E-state index in [4.69, 9.17) is 0 Å². The Morgan fingerprint density at radius 2 is 1.24 bits per heavy atom. The molecule has 120 valence electrons. The van der Waals surface area contributed by atoms with Crippen molar-refractivity contribution in [2.45, 2.75) is 92.4 Å². The average molecular weight is 289 g/mol. The highest BCUT2D eigenvalue weighted by Gasteiger charge is 2.04. The predicted octanol–water partition coefficient (Wildman–Crippen LogP) is 6.93. The molecule has 0 heteroatoms. The summed E-state index contributed by atoms with van der Waals surface area (Å²) in [5, 5.41) is 0. The molecule has 1 aromatic carbocycles. The minimum atomic E-state index is 0.880. The average Bonchev–Trinajstić information content (AvgIpc) is 2.44. The Bertz CT molecular complexity index is 401. The summed E-state index contributed by atoms with van der Waals surface area (Å²) < 4.78 is 0. The van der Waals surface area contributed by atoms with Crippen LogP contribution in [0.3, 0.4) is 0 Å². The third kappa shape index (κ3) is 7.16. The van der Waals surface area contributed by atoms with E-state index in [0.717, 1.165) is 5.92 Å². The van der Waals surface area contributed by atoms with E-state index in [1.54, 1.807) is 5.56 Å². The quantitative estimate of drug-likeness (QED) is 0.409. The van der Waals surface area contributed by atoms with E-state index in [2.05, 4.69) is 46.8 Å². The minimum absolute atomic E-state index is 0.880. The van der Waals surface area contributed by atoms with Gasteiger partial charge < -0.3 is 0 Å². The molecule has 0 atom stereocenters. The van der Waals surface area contributed by atoms with Crippen LogP contribution in [-0.2, 0) is 6.42 Å². The molecule has 0 N–H and O–H groups in total. The maximum Gasteiger partial charge on any atom is -0.0274 e. The number of hydrogen-bond acceptors (Lipinski definition) is 0. The van der Waals surface area contributed by atoms with Crippen LogP contribution >= 0.6 is 0 Å². The first kappa shape index (κ1) is 18.3. The standard InChI is InChI=1S/C21H36/c1-17(2)13-11-9-7-6-8-10-12-14-21-19(4)16-15-18(3)20(21)5/h15-17H,6-14H2,1-5H3. The number of aryl methyl sites for hydroxylation is 2. The van der Waals surface area contributed by atoms with E-state index in [1.807, 2.05) is 0 Å². The summed E-state index contributed by atoms with van der Waals surface area (Å²) >= 11 is 0. The van der Waals surface area contributed by atoms with E-state index in [-0.39, 0.29) is 0 Å². The number of rotatable bonds is 10. The fraction of sp³-hybridized carbons (Fsp3) is 0.714. The van der Waals surface area contributed by atoms with Crippen LogP contribution in [0.5, 0.6) is 0 Å². The molecule has 21 heavy (non-hydrogen) atoms. The van der Waals surface area contributed by atoms with Crippen molar-refractivity contribution in [3.63, 3.8) is 0 Å². The summed E-state index contributed by atoms with van der Waals surface area (Å²) in [6.07, 6.45) is 12.6. The topological polar surface area (TPSA) is 0 Å². The van der Waals surface area contributed by atoms with Crippen LogP contribution in [0.15, 0.2) is 12.1 Å². The molecular weight excluding hydrogens is 252 g/mol. The number of benzene rings is 1. The Balaban J connectivity index is 2.11. The van der Waals surface area contributed by atoms with Crippen molar-refractivity contribution in [3.8, 4) is 0 Å². The molecule has 0 radical (unpaired) electrons. The van der Waals surface area contributed by atoms with Crippen molar-refractivity contribution >= 4 is 0 Å². The molecule has 0 heterocycles. The zero-order valence-electron chi connectivity index (χ0n) is 15.1. The van der Waals surface area contributed by atoms with Crippen LogP contribution in [0, 0.1) is 26.7 Å². The van der Waals surface area contributed by atoms with Crippen molar-refractivity contribution in [1.29, 1.82) is 0 Å². The third-order valence-corrected chi connectivity index (χ3v) is 4.81. The molecule has 0 aliphatic carbocycles. The van der Waals surface area contributed by atoms with E-state index in [9.17, 15) is 0 Å². The second-order valence-corrected chi connectivity index (χ2v) is 7.21. The van der Waals surface area contributed by atoms with Crippen LogP contribution in [0.1, 0.15) is 87.5 Å². The van der Waals surface area contributed by atoms with Crippen LogP contribution in [0.4, 0.5) is 0 Å². The molecule has 0 aromatic heterocycles. The predicted molar refractivity (Wildman–Crippen MR) is 96.1 cm³/mol. The molecule has 0 amide bonds. The molecule has 1 aromatic rings. The molecule has 0 aliphatic rings. The monoisotopic (exact) mass is 288 g/mol. The van der Waals surface area contributed by atoms with Crippen molar-refractivity contribution in [2.75, 3.05) is 0 Å². The number of unbranched alkanes of at least 4 members (excludes halogenated alkanes) is 6. The van der Waals surface area contributed by atoms with Crippen LogP contribution in [0.2, 0.25) is 0 Å². The molecule has 1 rings (SSSR count). The smallest absolute Gasteiger partial charge is 0.0274 e. The fourth-order valence-corrected chi connectivity index (χ4v) is 3.13. The highest BCUT2D eigenvalue weighted by molar-refractivity contribution is 5.39. The second-order valence-electron chi connectivity index (χ2n) is 7.21. The Labute approximate surface area is 133 Å². The third-order valence-electron chi connectivity index (χ3n) is 4.81. The van der Waals surface area contributed by atoms with Crippen molar-refractivity contribution in [3.05, 3.63) is 34.4 Å². The van der Waals surface area contributed by atoms with Gasteiger partial charge in [0.1, 0.15) is 0 Å². The molecule has 0 saturated heterocycles. The summed E-state index contributed by atoms with van der Waals surface area (Å²) in [7, 11) is 0. The molecule has 0 spiro atoms. The molecule has 0 nitrogen and oxygen atoms in total. The van der Waals surface area contributed by atoms with Gasteiger partial charge in [0.15, 0.2) is 0 Å². The number of hydrogen-bond donors (Lipinski definition) is 0. The summed E-state index contributed by atoms with van der Waals surface area (Å²) in [4.78, 5) is 0. The second kappa shape index (κ2) is 10.0. The van der Waals surface area contributed by atoms with Gasteiger partial charge in [0.25, 0.3) is 0 Å². The van der Waals surface area contributed by atoms with Crippen LogP contribution in [-0.4, -0.2) is 0 Å². The lowest BCUT2D eigenvalue weighted by Crippen LogP contribution is -1.96. The van der Waals surface area contributed by atoms with Gasteiger partial charge in [0.05, 0.1) is 0 Å². The van der Waals surface area contributed by atoms with E-state index < -0.39 is 0 Å². The van der Waals surface area contributed by atoms with Crippen molar-refractivity contribution in [2.24, 2.45) is 5.92 Å². The van der Waals surface area contributed by atoms with Crippen LogP contribution < -0.4 is 0 Å². The summed E-state index contributed by atoms with van der Waals surface area (Å²) in [6, 6.07) is 4.54. The molecule has 0 saturated carbocycles. The van der Waals surface area contributed by atoms with Crippen LogP contribution in [0.25, 0.3) is 0 Å². The maximum absolute atomic E-state index is 2.33. The Morgan fingerprint density at radius 1 is 0.714 bits per heavy atom. The van der Waals surface area contributed by atoms with Gasteiger partial charge in [-0.3, -0.25) is 0 Å². The van der Waals surface area contributed by atoms with Gasteiger partial charge in [-0.15, -0.1) is 0 Å². The van der Waals surface area contributed by atoms with E-state index in [1.165, 1.54) is 74.5 Å². The Kier molecular flexibility index (Phi) is 8.73. The largest absolute Gasteiger partial charge is 0.0628 e. The maximum atomic E-state index is 2.33. The molecule has 0 fully saturated rings. The molecular formula is C21H36. The Hall–Kier alpha value is -0.780. The van der Waals surface area contributed by atoms with E-state index in [0.29, 0.717) is 0 Å².